The standard InChI is InChI=1S/C24H25N3O8/c1-27(2)18-12-8-10-7-11-9(4-6-14(25)29)3-5-13(28)16(11)19(30)15(10)21(32)24(12,35)22(33)17(20(18)31)23(26)34/h3,5,10,12,17-18,20,28,30-31,35H,7-8H2,1-2H3,(H2,25,29)(H2,26,34)/t10-,12-,17?,18-,20?,24-/m1/s1. The van der Waals surface area contributed by atoms with Crippen molar-refractivity contribution in [1.29, 1.82) is 0 Å². The van der Waals surface area contributed by atoms with Crippen LogP contribution in [-0.4, -0.2) is 80.5 Å². The molecule has 184 valence electrons. The SMILES string of the molecule is CN(C)[C@H]1C(O)C(C(N)=O)C(=O)[C@]2(O)C(=O)C3=C(O)c4c(O)ccc(C#CC(N)=O)c4C[C@@H]3C[C@H]12. The van der Waals surface area contributed by atoms with Gasteiger partial charge < -0.3 is 36.8 Å². The highest BCUT2D eigenvalue weighted by Crippen LogP contribution is 2.52. The number of aromatic hydroxyl groups is 1. The van der Waals surface area contributed by atoms with Crippen LogP contribution in [0.25, 0.3) is 5.76 Å². The van der Waals surface area contributed by atoms with E-state index >= 15 is 0 Å². The summed E-state index contributed by atoms with van der Waals surface area (Å²) in [5, 5.41) is 43.9. The summed E-state index contributed by atoms with van der Waals surface area (Å²) in [5.74, 6) is -4.27. The lowest BCUT2D eigenvalue weighted by Gasteiger charge is -2.53. The largest absolute Gasteiger partial charge is 0.507 e. The molecule has 35 heavy (non-hydrogen) atoms. The van der Waals surface area contributed by atoms with E-state index in [0.717, 1.165) is 0 Å². The van der Waals surface area contributed by atoms with Gasteiger partial charge in [0.1, 0.15) is 17.4 Å². The second-order valence-corrected chi connectivity index (χ2v) is 9.39. The van der Waals surface area contributed by atoms with E-state index in [1.165, 1.54) is 17.0 Å². The van der Waals surface area contributed by atoms with E-state index in [2.05, 4.69) is 11.8 Å². The Morgan fingerprint density at radius 3 is 2.40 bits per heavy atom. The molecule has 2 saturated carbocycles. The van der Waals surface area contributed by atoms with Crippen molar-refractivity contribution in [1.82, 2.24) is 4.90 Å². The molecule has 3 aliphatic carbocycles. The van der Waals surface area contributed by atoms with Crippen molar-refractivity contribution in [2.45, 2.75) is 30.6 Å². The number of carbonyl (C=O) groups excluding carboxylic acids is 4. The van der Waals surface area contributed by atoms with Gasteiger partial charge in [0, 0.05) is 23.1 Å². The van der Waals surface area contributed by atoms with Crippen LogP contribution < -0.4 is 11.5 Å². The van der Waals surface area contributed by atoms with Gasteiger partial charge in [-0.15, -0.1) is 0 Å². The average molecular weight is 483 g/mol. The van der Waals surface area contributed by atoms with Gasteiger partial charge in [-0.1, -0.05) is 5.92 Å². The number of aliphatic hydroxyl groups is 3. The van der Waals surface area contributed by atoms with Gasteiger partial charge in [-0.2, -0.15) is 0 Å². The van der Waals surface area contributed by atoms with Crippen LogP contribution in [0.15, 0.2) is 17.7 Å². The highest BCUT2D eigenvalue weighted by Gasteiger charge is 2.67. The molecular weight excluding hydrogens is 458 g/mol. The summed E-state index contributed by atoms with van der Waals surface area (Å²) in [6.07, 6.45) is -1.51. The van der Waals surface area contributed by atoms with Crippen LogP contribution in [0, 0.1) is 29.6 Å². The number of hydrogen-bond donors (Lipinski definition) is 6. The Hall–Kier alpha value is -3.72. The topological polar surface area (TPSA) is 204 Å². The molecule has 1 aromatic carbocycles. The van der Waals surface area contributed by atoms with Gasteiger partial charge in [0.2, 0.25) is 11.7 Å². The van der Waals surface area contributed by atoms with E-state index in [9.17, 15) is 39.6 Å². The van der Waals surface area contributed by atoms with Gasteiger partial charge in [-0.05, 0) is 56.5 Å². The number of ketones is 2. The van der Waals surface area contributed by atoms with Crippen molar-refractivity contribution < 1.29 is 39.6 Å². The summed E-state index contributed by atoms with van der Waals surface area (Å²) in [5.41, 5.74) is 8.01. The molecule has 2 amide bonds. The lowest BCUT2D eigenvalue weighted by Crippen LogP contribution is -2.73. The van der Waals surface area contributed by atoms with Gasteiger partial charge in [0.25, 0.3) is 5.91 Å². The first-order valence-corrected chi connectivity index (χ1v) is 10.9. The van der Waals surface area contributed by atoms with Crippen molar-refractivity contribution >= 4 is 29.1 Å². The Kier molecular flexibility index (Phi) is 5.72. The summed E-state index contributed by atoms with van der Waals surface area (Å²) in [6, 6.07) is 1.68. The summed E-state index contributed by atoms with van der Waals surface area (Å²) in [6.45, 7) is 0. The number of fused-ring (bicyclic) bond motifs is 3. The first-order chi connectivity index (χ1) is 16.3. The van der Waals surface area contributed by atoms with Crippen LogP contribution in [-0.2, 0) is 25.6 Å². The zero-order chi connectivity index (χ0) is 26.0. The number of amides is 2. The van der Waals surface area contributed by atoms with Gasteiger partial charge in [0.15, 0.2) is 11.4 Å². The van der Waals surface area contributed by atoms with Crippen LogP contribution in [0.3, 0.4) is 0 Å². The molecule has 11 heteroatoms. The Labute approximate surface area is 200 Å². The molecule has 0 aromatic heterocycles. The number of primary amides is 2. The predicted molar refractivity (Wildman–Crippen MR) is 120 cm³/mol. The Bertz CT molecular complexity index is 1270. The number of hydrogen-bond acceptors (Lipinski definition) is 9. The molecule has 0 heterocycles. The molecule has 0 spiro atoms. The number of nitrogens with zero attached hydrogens (tertiary/aromatic N) is 1. The zero-order valence-corrected chi connectivity index (χ0v) is 19.0. The number of Topliss-reactive ketones (excluding diaryl/α,β-unsaturated/α-hetero) is 2. The number of likely N-dealkylation sites (N-methyl/N-ethyl adjacent to an activating group) is 1. The number of nitrogens with two attached hydrogens (primary N) is 2. The Morgan fingerprint density at radius 2 is 1.83 bits per heavy atom. The monoisotopic (exact) mass is 483 g/mol. The lowest BCUT2D eigenvalue weighted by molar-refractivity contribution is -0.184. The molecule has 6 atom stereocenters. The maximum Gasteiger partial charge on any atom is 0.293 e. The first kappa shape index (κ1) is 24.4. The van der Waals surface area contributed by atoms with E-state index < -0.39 is 64.6 Å². The smallest absolute Gasteiger partial charge is 0.293 e. The molecule has 2 fully saturated rings. The van der Waals surface area contributed by atoms with E-state index in [1.807, 2.05) is 0 Å². The van der Waals surface area contributed by atoms with Crippen molar-refractivity contribution in [3.8, 4) is 17.6 Å². The highest BCUT2D eigenvalue weighted by molar-refractivity contribution is 6.25. The van der Waals surface area contributed by atoms with Crippen molar-refractivity contribution in [3.05, 3.63) is 34.4 Å². The Balaban J connectivity index is 1.93. The minimum Gasteiger partial charge on any atom is -0.507 e. The normalized spacial score (nSPS) is 31.7. The summed E-state index contributed by atoms with van der Waals surface area (Å²) < 4.78 is 0. The van der Waals surface area contributed by atoms with Crippen LogP contribution in [0.4, 0.5) is 0 Å². The second kappa shape index (κ2) is 8.20. The maximum atomic E-state index is 13.7. The number of rotatable bonds is 2. The molecular formula is C24H25N3O8. The third kappa shape index (κ3) is 3.41. The molecule has 3 aliphatic rings. The van der Waals surface area contributed by atoms with E-state index in [4.69, 9.17) is 11.5 Å². The highest BCUT2D eigenvalue weighted by atomic mass is 16.3. The second-order valence-electron chi connectivity index (χ2n) is 9.39. The maximum absolute atomic E-state index is 13.7. The van der Waals surface area contributed by atoms with E-state index in [1.54, 1.807) is 14.1 Å². The quantitative estimate of drug-likeness (QED) is 0.202. The van der Waals surface area contributed by atoms with Crippen molar-refractivity contribution in [3.63, 3.8) is 0 Å². The minimum absolute atomic E-state index is 0.0173. The number of phenolic OH excluding ortho intramolecular Hbond substituents is 1. The zero-order valence-electron chi connectivity index (χ0n) is 19.0. The van der Waals surface area contributed by atoms with E-state index in [-0.39, 0.29) is 29.7 Å². The minimum atomic E-state index is -2.72. The fourth-order valence-corrected chi connectivity index (χ4v) is 5.85. The van der Waals surface area contributed by atoms with Crippen LogP contribution in [0.5, 0.6) is 5.75 Å². The molecule has 1 aromatic rings. The average Bonchev–Trinajstić information content (AvgIpc) is 2.75. The molecule has 8 N–H and O–H groups in total. The van der Waals surface area contributed by atoms with Crippen LogP contribution in [0.2, 0.25) is 0 Å². The molecule has 2 unspecified atom stereocenters. The summed E-state index contributed by atoms with van der Waals surface area (Å²) in [7, 11) is 3.14. The van der Waals surface area contributed by atoms with Gasteiger partial charge in [-0.3, -0.25) is 19.2 Å². The fraction of sp³-hybridized carbons (Fsp3) is 0.417. The molecule has 0 saturated heterocycles. The summed E-state index contributed by atoms with van der Waals surface area (Å²) in [4.78, 5) is 51.6. The fourth-order valence-electron chi connectivity index (χ4n) is 5.85. The third-order valence-electron chi connectivity index (χ3n) is 7.29. The third-order valence-corrected chi connectivity index (χ3v) is 7.29. The van der Waals surface area contributed by atoms with Gasteiger partial charge in [-0.25, -0.2) is 0 Å². The van der Waals surface area contributed by atoms with Crippen LogP contribution in [0.1, 0.15) is 23.1 Å². The van der Waals surface area contributed by atoms with E-state index in [0.29, 0.717) is 11.1 Å². The number of phenols is 1. The number of aliphatic hydroxyl groups excluding tert-OH is 2. The molecule has 0 bridgehead atoms. The number of benzene rings is 1. The molecule has 4 rings (SSSR count). The van der Waals surface area contributed by atoms with Gasteiger partial charge >= 0.3 is 0 Å². The van der Waals surface area contributed by atoms with Crippen molar-refractivity contribution in [2.75, 3.05) is 14.1 Å². The first-order valence-electron chi connectivity index (χ1n) is 10.9. The molecule has 11 nitrogen and oxygen atoms in total. The lowest BCUT2D eigenvalue weighted by atomic mass is 9.54. The predicted octanol–water partition coefficient (Wildman–Crippen LogP) is -2.03. The molecule has 0 radical (unpaired) electrons. The summed E-state index contributed by atoms with van der Waals surface area (Å²) >= 11 is 0. The molecule has 0 aliphatic heterocycles. The number of carbonyl (C=O) groups is 4. The Morgan fingerprint density at radius 1 is 1.17 bits per heavy atom. The van der Waals surface area contributed by atoms with Crippen molar-refractivity contribution in [2.24, 2.45) is 29.2 Å². The van der Waals surface area contributed by atoms with Crippen LogP contribution >= 0.6 is 0 Å². The van der Waals surface area contributed by atoms with Gasteiger partial charge in [0.05, 0.1) is 11.7 Å².